The molecule has 86 valence electrons. The zero-order valence-electron chi connectivity index (χ0n) is 9.53. The van der Waals surface area contributed by atoms with E-state index in [0.29, 0.717) is 24.9 Å². The van der Waals surface area contributed by atoms with E-state index in [1.807, 2.05) is 0 Å². The first-order chi connectivity index (χ1) is 7.06. The van der Waals surface area contributed by atoms with Crippen molar-refractivity contribution in [3.8, 4) is 0 Å². The normalized spacial score (nSPS) is 40.5. The lowest BCUT2D eigenvalue weighted by Crippen LogP contribution is -2.44. The first kappa shape index (κ1) is 10.9. The van der Waals surface area contributed by atoms with Crippen molar-refractivity contribution in [2.45, 2.75) is 45.6 Å². The molecule has 3 atom stereocenters. The molecule has 1 N–H and O–H groups in total. The molecule has 0 unspecified atom stereocenters. The van der Waals surface area contributed by atoms with Crippen molar-refractivity contribution in [1.29, 1.82) is 0 Å². The summed E-state index contributed by atoms with van der Waals surface area (Å²) in [6.07, 6.45) is 3.54. The average molecular weight is 212 g/mol. The third-order valence-electron chi connectivity index (χ3n) is 4.28. The Morgan fingerprint density at radius 2 is 2.20 bits per heavy atom. The minimum absolute atomic E-state index is 0.0231. The van der Waals surface area contributed by atoms with Gasteiger partial charge in [-0.15, -0.1) is 0 Å². The first-order valence-electron chi connectivity index (χ1n) is 5.91. The standard InChI is InChI=1S/C12H20O3/c1-8(2)9-3-4-10-12(7-9,11(13)14)5-6-15-10/h8-10H,3-7H2,1-2H3,(H,13,14)/t9-,10+,12+/m1/s1. The molecule has 3 heteroatoms. The van der Waals surface area contributed by atoms with Crippen molar-refractivity contribution < 1.29 is 14.6 Å². The van der Waals surface area contributed by atoms with Gasteiger partial charge in [0.1, 0.15) is 0 Å². The maximum absolute atomic E-state index is 11.4. The van der Waals surface area contributed by atoms with E-state index in [2.05, 4.69) is 13.8 Å². The van der Waals surface area contributed by atoms with E-state index in [0.717, 1.165) is 19.3 Å². The number of fused-ring (bicyclic) bond motifs is 1. The minimum atomic E-state index is -0.643. The van der Waals surface area contributed by atoms with Crippen molar-refractivity contribution in [2.24, 2.45) is 17.3 Å². The minimum Gasteiger partial charge on any atom is -0.481 e. The molecule has 1 aliphatic heterocycles. The SMILES string of the molecule is CC(C)[C@@H]1CC[C@@H]2OCC[C@]2(C(=O)O)C1. The second kappa shape index (κ2) is 3.78. The van der Waals surface area contributed by atoms with Crippen LogP contribution in [0.15, 0.2) is 0 Å². The Morgan fingerprint density at radius 3 is 2.80 bits per heavy atom. The number of carbonyl (C=O) groups is 1. The number of carboxylic acids is 1. The van der Waals surface area contributed by atoms with Crippen LogP contribution in [0.25, 0.3) is 0 Å². The largest absolute Gasteiger partial charge is 0.481 e. The van der Waals surface area contributed by atoms with E-state index in [1.165, 1.54) is 0 Å². The molecule has 0 aromatic heterocycles. The van der Waals surface area contributed by atoms with Crippen LogP contribution in [0.1, 0.15) is 39.5 Å². The molecule has 0 aromatic carbocycles. The fraction of sp³-hybridized carbons (Fsp3) is 0.917. The highest BCUT2D eigenvalue weighted by atomic mass is 16.5. The number of carboxylic acid groups (broad SMARTS) is 1. The Morgan fingerprint density at radius 1 is 1.47 bits per heavy atom. The third-order valence-corrected chi connectivity index (χ3v) is 4.28. The Kier molecular flexibility index (Phi) is 2.75. The summed E-state index contributed by atoms with van der Waals surface area (Å²) in [6, 6.07) is 0. The van der Waals surface area contributed by atoms with Crippen LogP contribution < -0.4 is 0 Å². The Hall–Kier alpha value is -0.570. The Labute approximate surface area is 90.8 Å². The van der Waals surface area contributed by atoms with Crippen LogP contribution in [0.2, 0.25) is 0 Å². The number of rotatable bonds is 2. The van der Waals surface area contributed by atoms with Gasteiger partial charge in [0.15, 0.2) is 0 Å². The van der Waals surface area contributed by atoms with Crippen LogP contribution in [0.4, 0.5) is 0 Å². The number of ether oxygens (including phenoxy) is 1. The van der Waals surface area contributed by atoms with Gasteiger partial charge in [-0.05, 0) is 37.5 Å². The highest BCUT2D eigenvalue weighted by Crippen LogP contribution is 2.49. The summed E-state index contributed by atoms with van der Waals surface area (Å²) in [5.74, 6) is 0.497. The molecule has 0 radical (unpaired) electrons. The van der Waals surface area contributed by atoms with Gasteiger partial charge in [-0.2, -0.15) is 0 Å². The number of aliphatic carboxylic acids is 1. The summed E-state index contributed by atoms with van der Waals surface area (Å²) in [7, 11) is 0. The summed E-state index contributed by atoms with van der Waals surface area (Å²) in [6.45, 7) is 5.01. The molecule has 2 rings (SSSR count). The highest BCUT2D eigenvalue weighted by Gasteiger charge is 2.53. The van der Waals surface area contributed by atoms with Gasteiger partial charge in [-0.3, -0.25) is 4.79 Å². The monoisotopic (exact) mass is 212 g/mol. The van der Waals surface area contributed by atoms with Crippen molar-refractivity contribution in [1.82, 2.24) is 0 Å². The van der Waals surface area contributed by atoms with Gasteiger partial charge in [0, 0.05) is 6.61 Å². The second-order valence-corrected chi connectivity index (χ2v) is 5.36. The molecule has 2 fully saturated rings. The molecule has 3 nitrogen and oxygen atoms in total. The van der Waals surface area contributed by atoms with Crippen LogP contribution in [0.3, 0.4) is 0 Å². The lowest BCUT2D eigenvalue weighted by atomic mass is 9.65. The zero-order valence-corrected chi connectivity index (χ0v) is 9.53. The molecule has 1 saturated heterocycles. The molecular weight excluding hydrogens is 192 g/mol. The average Bonchev–Trinajstić information content (AvgIpc) is 2.60. The molecule has 1 heterocycles. The van der Waals surface area contributed by atoms with Gasteiger partial charge in [0.25, 0.3) is 0 Å². The van der Waals surface area contributed by atoms with Crippen molar-refractivity contribution in [2.75, 3.05) is 6.61 Å². The fourth-order valence-corrected chi connectivity index (χ4v) is 3.13. The predicted octanol–water partition coefficient (Wildman–Crippen LogP) is 2.30. The molecule has 0 spiro atoms. The predicted molar refractivity (Wildman–Crippen MR) is 56.6 cm³/mol. The van der Waals surface area contributed by atoms with Gasteiger partial charge in [0.05, 0.1) is 11.5 Å². The lowest BCUT2D eigenvalue weighted by Gasteiger charge is -2.40. The molecule has 1 aliphatic carbocycles. The van der Waals surface area contributed by atoms with Crippen LogP contribution >= 0.6 is 0 Å². The number of hydrogen-bond acceptors (Lipinski definition) is 2. The van der Waals surface area contributed by atoms with E-state index in [9.17, 15) is 9.90 Å². The zero-order chi connectivity index (χ0) is 11.1. The summed E-state index contributed by atoms with van der Waals surface area (Å²) >= 11 is 0. The summed E-state index contributed by atoms with van der Waals surface area (Å²) < 4.78 is 5.57. The quantitative estimate of drug-likeness (QED) is 0.764. The Balaban J connectivity index is 2.19. The van der Waals surface area contributed by atoms with E-state index < -0.39 is 11.4 Å². The lowest BCUT2D eigenvalue weighted by molar-refractivity contribution is -0.157. The van der Waals surface area contributed by atoms with E-state index in [-0.39, 0.29) is 6.10 Å². The molecular formula is C12H20O3. The molecule has 0 aromatic rings. The Bertz CT molecular complexity index is 262. The molecule has 0 amide bonds. The second-order valence-electron chi connectivity index (χ2n) is 5.36. The fourth-order valence-electron chi connectivity index (χ4n) is 3.13. The molecule has 15 heavy (non-hydrogen) atoms. The maximum atomic E-state index is 11.4. The topological polar surface area (TPSA) is 46.5 Å². The van der Waals surface area contributed by atoms with Gasteiger partial charge in [0.2, 0.25) is 0 Å². The van der Waals surface area contributed by atoms with Gasteiger partial charge in [-0.1, -0.05) is 13.8 Å². The van der Waals surface area contributed by atoms with Crippen LogP contribution in [0, 0.1) is 17.3 Å². The molecule has 1 saturated carbocycles. The number of hydrogen-bond donors (Lipinski definition) is 1. The summed E-state index contributed by atoms with van der Waals surface area (Å²) in [5, 5.41) is 9.42. The van der Waals surface area contributed by atoms with Crippen LogP contribution in [-0.2, 0) is 9.53 Å². The van der Waals surface area contributed by atoms with E-state index in [1.54, 1.807) is 0 Å². The molecule has 0 bridgehead atoms. The first-order valence-corrected chi connectivity index (χ1v) is 5.91. The van der Waals surface area contributed by atoms with Crippen LogP contribution in [0.5, 0.6) is 0 Å². The third kappa shape index (κ3) is 1.67. The van der Waals surface area contributed by atoms with Crippen LogP contribution in [-0.4, -0.2) is 23.8 Å². The van der Waals surface area contributed by atoms with Crippen molar-refractivity contribution in [3.63, 3.8) is 0 Å². The highest BCUT2D eigenvalue weighted by molar-refractivity contribution is 5.76. The van der Waals surface area contributed by atoms with Crippen molar-refractivity contribution >= 4 is 5.97 Å². The van der Waals surface area contributed by atoms with E-state index in [4.69, 9.17) is 4.74 Å². The van der Waals surface area contributed by atoms with Crippen molar-refractivity contribution in [3.05, 3.63) is 0 Å². The van der Waals surface area contributed by atoms with Gasteiger partial charge < -0.3 is 9.84 Å². The summed E-state index contributed by atoms with van der Waals surface area (Å²) in [4.78, 5) is 11.4. The maximum Gasteiger partial charge on any atom is 0.312 e. The smallest absolute Gasteiger partial charge is 0.312 e. The van der Waals surface area contributed by atoms with Gasteiger partial charge >= 0.3 is 5.97 Å². The van der Waals surface area contributed by atoms with Gasteiger partial charge in [-0.25, -0.2) is 0 Å². The summed E-state index contributed by atoms with van der Waals surface area (Å²) in [5.41, 5.74) is -0.562. The molecule has 2 aliphatic rings. The van der Waals surface area contributed by atoms with E-state index >= 15 is 0 Å².